The fourth-order valence-corrected chi connectivity index (χ4v) is 15.7. The predicted molar refractivity (Wildman–Crippen MR) is 231 cm³/mol. The number of benzene rings is 4. The second-order valence-electron chi connectivity index (χ2n) is 13.3. The van der Waals surface area contributed by atoms with Gasteiger partial charge in [-0.2, -0.15) is 0 Å². The first-order valence-corrected chi connectivity index (χ1v) is 22.9. The van der Waals surface area contributed by atoms with Gasteiger partial charge in [-0.3, -0.25) is 0 Å². The zero-order chi connectivity index (χ0) is 37.9. The van der Waals surface area contributed by atoms with E-state index in [1.54, 1.807) is 22.7 Å². The Hall–Kier alpha value is -4.55. The molecule has 0 bridgehead atoms. The number of rotatable bonds is 9. The summed E-state index contributed by atoms with van der Waals surface area (Å²) in [5.74, 6) is 0. The third-order valence-electron chi connectivity index (χ3n) is 10.3. The molecule has 3 aromatic heterocycles. The van der Waals surface area contributed by atoms with Gasteiger partial charge in [-0.1, -0.05) is 6.08 Å². The van der Waals surface area contributed by atoms with Crippen LogP contribution in [-0.2, 0) is 22.7 Å². The van der Waals surface area contributed by atoms with Crippen molar-refractivity contribution >= 4 is 68.5 Å². The van der Waals surface area contributed by atoms with Crippen LogP contribution in [0, 0.1) is 18.2 Å². The standard InChI is InChI=1S/C47H39N2O2PS2.Os/c1-6-17-39-24-25-42(53-39)44-31(3)32(4)45(47-46(44)48-51-49-47)43-27-26-41(54-43)40(28-35-30-50-29-34(35)7-2)33(5)52(36-18-11-8-12-19-36,37-20-13-9-14-21-37)38-22-15-10-16-23-38;/h6-28H,29-30H2,1-4H3;/q+1;/b17-6+,34-7?,35-28?,40-33?;. The molecule has 0 radical (unpaired) electrons. The fraction of sp³-hybridized carbons (Fsp3) is 0.128. The molecule has 8 heteroatoms. The Kier molecular flexibility index (Phi) is 11.1. The SMILES string of the molecule is CC=C1COCC1=CC(=C([C]#[Os])[P+](c1ccccc1)(c1ccccc1)c1ccccc1)c1ccc(-c2c(C)c(C)c(-c3ccc(/C=C/C)s3)c3nonc23)s1. The molecular weight excluding hydrogens is 910 g/mol. The number of fused-ring (bicyclic) bond motifs is 1. The number of hydrogen-bond acceptors (Lipinski definition) is 6. The molecule has 4 nitrogen and oxygen atoms in total. The van der Waals surface area contributed by atoms with Gasteiger partial charge < -0.3 is 0 Å². The Balaban J connectivity index is 1.42. The van der Waals surface area contributed by atoms with Crippen LogP contribution >= 0.6 is 29.9 Å². The molecule has 8 rings (SSSR count). The van der Waals surface area contributed by atoms with Crippen molar-refractivity contribution in [2.75, 3.05) is 13.2 Å². The molecule has 0 atom stereocenters. The summed E-state index contributed by atoms with van der Waals surface area (Å²) in [6.45, 7) is 9.72. The molecule has 0 spiro atoms. The number of nitrogens with zero attached hydrogens (tertiary/aromatic N) is 2. The molecule has 1 fully saturated rings. The zero-order valence-corrected chi connectivity index (χ0v) is 36.1. The van der Waals surface area contributed by atoms with E-state index in [0.29, 0.717) is 13.2 Å². The normalized spacial score (nSPS) is 15.3. The molecule has 0 amide bonds. The molecule has 7 aromatic rings. The first-order valence-electron chi connectivity index (χ1n) is 18.2. The van der Waals surface area contributed by atoms with Crippen molar-refractivity contribution < 1.29 is 27.3 Å². The van der Waals surface area contributed by atoms with Gasteiger partial charge in [0, 0.05) is 4.88 Å². The monoisotopic (exact) mass is 950 g/mol. The molecule has 55 heavy (non-hydrogen) atoms. The van der Waals surface area contributed by atoms with Crippen LogP contribution in [0.2, 0.25) is 0 Å². The minimum absolute atomic E-state index is 0.567. The van der Waals surface area contributed by atoms with E-state index in [2.05, 4.69) is 175 Å². The summed E-state index contributed by atoms with van der Waals surface area (Å²) in [5, 5.41) is 14.1. The van der Waals surface area contributed by atoms with Crippen LogP contribution in [0.1, 0.15) is 34.7 Å². The van der Waals surface area contributed by atoms with Crippen LogP contribution in [0.15, 0.2) is 155 Å². The number of ether oxygens (including phenoxy) is 1. The van der Waals surface area contributed by atoms with E-state index in [9.17, 15) is 0 Å². The number of allylic oxidation sites excluding steroid dienone is 5. The van der Waals surface area contributed by atoms with Crippen molar-refractivity contribution in [1.29, 1.82) is 0 Å². The van der Waals surface area contributed by atoms with E-state index < -0.39 is 7.26 Å². The van der Waals surface area contributed by atoms with Crippen LogP contribution in [0.4, 0.5) is 0 Å². The van der Waals surface area contributed by atoms with Crippen LogP contribution in [-0.4, -0.2) is 23.5 Å². The van der Waals surface area contributed by atoms with Crippen molar-refractivity contribution in [2.24, 2.45) is 0 Å². The average molecular weight is 949 g/mol. The first kappa shape index (κ1) is 37.4. The molecule has 0 N–H and O–H groups in total. The van der Waals surface area contributed by atoms with Crippen LogP contribution < -0.4 is 15.9 Å². The molecule has 0 unspecified atom stereocenters. The molecule has 1 saturated heterocycles. The van der Waals surface area contributed by atoms with Crippen molar-refractivity contribution in [3.63, 3.8) is 0 Å². The van der Waals surface area contributed by atoms with E-state index in [4.69, 9.17) is 9.37 Å². The maximum atomic E-state index is 6.06. The number of hydrogen-bond donors (Lipinski definition) is 0. The summed E-state index contributed by atoms with van der Waals surface area (Å²) in [6, 6.07) is 42.0. The van der Waals surface area contributed by atoms with Crippen molar-refractivity contribution in [3.05, 3.63) is 171 Å². The second kappa shape index (κ2) is 16.3. The molecule has 0 saturated carbocycles. The molecule has 4 heterocycles. The molecular formula is C47H39N2O2OsPS2+. The zero-order valence-electron chi connectivity index (χ0n) is 31.0. The van der Waals surface area contributed by atoms with E-state index in [0.717, 1.165) is 42.4 Å². The van der Waals surface area contributed by atoms with Gasteiger partial charge in [0.2, 0.25) is 0 Å². The Bertz CT molecular complexity index is 2580. The van der Waals surface area contributed by atoms with Gasteiger partial charge in [-0.05, 0) is 19.1 Å². The summed E-state index contributed by atoms with van der Waals surface area (Å²) >= 11 is 5.36. The van der Waals surface area contributed by atoms with Gasteiger partial charge in [-0.25, -0.2) is 0 Å². The summed E-state index contributed by atoms with van der Waals surface area (Å²) in [7, 11) is -2.49. The van der Waals surface area contributed by atoms with Crippen LogP contribution in [0.5, 0.6) is 0 Å². The fourth-order valence-electron chi connectivity index (χ4n) is 7.57. The van der Waals surface area contributed by atoms with Gasteiger partial charge in [0.05, 0.1) is 0 Å². The Labute approximate surface area is 341 Å². The van der Waals surface area contributed by atoms with E-state index >= 15 is 0 Å². The Morgan fingerprint density at radius 2 is 1.22 bits per heavy atom. The van der Waals surface area contributed by atoms with Crippen molar-refractivity contribution in [2.45, 2.75) is 27.7 Å². The number of thiophene rings is 2. The molecule has 4 aromatic carbocycles. The van der Waals surface area contributed by atoms with E-state index in [1.807, 2.05) is 24.9 Å². The Morgan fingerprint density at radius 1 is 0.691 bits per heavy atom. The summed E-state index contributed by atoms with van der Waals surface area (Å²) in [6.07, 6.45) is 8.77. The van der Waals surface area contributed by atoms with Gasteiger partial charge in [0.1, 0.15) is 0 Å². The van der Waals surface area contributed by atoms with E-state index in [1.165, 1.54) is 48.4 Å². The number of aromatic nitrogens is 2. The van der Waals surface area contributed by atoms with Crippen LogP contribution in [0.25, 0.3) is 43.6 Å². The van der Waals surface area contributed by atoms with Crippen LogP contribution in [0.3, 0.4) is 0 Å². The molecule has 1 aliphatic heterocycles. The maximum absolute atomic E-state index is 6.06. The minimum atomic E-state index is -2.49. The van der Waals surface area contributed by atoms with Gasteiger partial charge in [0.15, 0.2) is 0 Å². The van der Waals surface area contributed by atoms with Gasteiger partial charge in [-0.15, -0.1) is 0 Å². The second-order valence-corrected chi connectivity index (χ2v) is 19.5. The predicted octanol–water partition coefficient (Wildman–Crippen LogP) is 11.4. The third kappa shape index (κ3) is 6.75. The molecule has 273 valence electrons. The first-order chi connectivity index (χ1) is 27.0. The van der Waals surface area contributed by atoms with Gasteiger partial charge >= 0.3 is 313 Å². The van der Waals surface area contributed by atoms with Crippen molar-refractivity contribution in [1.82, 2.24) is 10.3 Å². The Morgan fingerprint density at radius 3 is 1.75 bits per heavy atom. The van der Waals surface area contributed by atoms with E-state index in [-0.39, 0.29) is 0 Å². The quantitative estimate of drug-likeness (QED) is 0.135. The summed E-state index contributed by atoms with van der Waals surface area (Å²) in [4.78, 5) is 4.64. The average Bonchev–Trinajstić information content (AvgIpc) is 4.07. The summed E-state index contributed by atoms with van der Waals surface area (Å²) < 4.78 is 15.5. The molecule has 1 aliphatic rings. The van der Waals surface area contributed by atoms with Crippen molar-refractivity contribution in [3.8, 4) is 25.3 Å². The topological polar surface area (TPSA) is 48.2 Å². The summed E-state index contributed by atoms with van der Waals surface area (Å²) in [5.41, 5.74) is 9.65. The third-order valence-corrected chi connectivity index (χ3v) is 17.9. The van der Waals surface area contributed by atoms with Gasteiger partial charge in [0.25, 0.3) is 0 Å². The molecule has 0 aliphatic carbocycles.